The SMILES string of the molecule is COc1cc(N2CCN3CCCC3C2)c(-c2cnn(C)c2)cc1Nc1ncc(Br)c(Nc2ccc3nccnc3c2P(C)(C)=O)n1. The number of hydrogen-bond donors (Lipinski definition) is 2. The minimum atomic E-state index is -2.76. The van der Waals surface area contributed by atoms with Gasteiger partial charge in [-0.15, -0.1) is 0 Å². The van der Waals surface area contributed by atoms with Crippen LogP contribution in [0.5, 0.6) is 5.75 Å². The summed E-state index contributed by atoms with van der Waals surface area (Å²) in [6.45, 7) is 7.64. The van der Waals surface area contributed by atoms with Gasteiger partial charge in [0.25, 0.3) is 0 Å². The van der Waals surface area contributed by atoms with Crippen molar-refractivity contribution in [1.29, 1.82) is 0 Å². The maximum Gasteiger partial charge on any atom is 0.229 e. The van der Waals surface area contributed by atoms with E-state index in [4.69, 9.17) is 9.72 Å². The van der Waals surface area contributed by atoms with Crippen LogP contribution in [0.3, 0.4) is 0 Å². The normalized spacial score (nSPS) is 16.9. The first kappa shape index (κ1) is 30.6. The molecule has 0 bridgehead atoms. The Morgan fingerprint density at radius 3 is 2.65 bits per heavy atom. The van der Waals surface area contributed by atoms with Crippen molar-refractivity contribution in [2.75, 3.05) is 62.2 Å². The van der Waals surface area contributed by atoms with Gasteiger partial charge in [-0.3, -0.25) is 19.5 Å². The molecule has 14 heteroatoms. The van der Waals surface area contributed by atoms with Gasteiger partial charge in [0, 0.05) is 80.4 Å². The molecule has 2 aromatic carbocycles. The average Bonchev–Trinajstić information content (AvgIpc) is 3.70. The van der Waals surface area contributed by atoms with Crippen LogP contribution in [0.4, 0.5) is 28.8 Å². The molecule has 2 N–H and O–H groups in total. The number of anilines is 5. The number of hydrogen-bond acceptors (Lipinski definition) is 11. The number of methoxy groups -OCH3 is 1. The van der Waals surface area contributed by atoms with Gasteiger partial charge in [-0.25, -0.2) is 4.98 Å². The fourth-order valence-corrected chi connectivity index (χ4v) is 8.21. The second kappa shape index (κ2) is 12.3. The van der Waals surface area contributed by atoms with E-state index in [1.807, 2.05) is 36.3 Å². The number of rotatable bonds is 8. The molecule has 0 aliphatic carbocycles. The van der Waals surface area contributed by atoms with Gasteiger partial charge in [0.05, 0.1) is 40.0 Å². The van der Waals surface area contributed by atoms with Gasteiger partial charge in [0.1, 0.15) is 24.2 Å². The number of fused-ring (bicyclic) bond motifs is 2. The van der Waals surface area contributed by atoms with Crippen LogP contribution >= 0.6 is 23.1 Å². The molecular formula is C32H36BrN10O2P. The van der Waals surface area contributed by atoms with Gasteiger partial charge in [-0.05, 0) is 66.8 Å². The highest BCUT2D eigenvalue weighted by Crippen LogP contribution is 2.43. The minimum Gasteiger partial charge on any atom is -0.494 e. The Morgan fingerprint density at radius 2 is 1.87 bits per heavy atom. The lowest BCUT2D eigenvalue weighted by atomic mass is 10.0. The number of piperazine rings is 1. The molecule has 0 spiro atoms. The lowest BCUT2D eigenvalue weighted by Gasteiger charge is -2.39. The minimum absolute atomic E-state index is 0.367. The van der Waals surface area contributed by atoms with Crippen LogP contribution in [-0.2, 0) is 11.6 Å². The molecule has 2 fully saturated rings. The third-order valence-corrected chi connectivity index (χ3v) is 10.8. The van der Waals surface area contributed by atoms with Crippen LogP contribution in [0.1, 0.15) is 12.8 Å². The number of nitrogens with one attached hydrogen (secondary N) is 2. The van der Waals surface area contributed by atoms with E-state index in [1.165, 1.54) is 19.4 Å². The number of aromatic nitrogens is 6. The van der Waals surface area contributed by atoms with Gasteiger partial charge in [-0.1, -0.05) is 0 Å². The highest BCUT2D eigenvalue weighted by Gasteiger charge is 2.32. The number of nitrogens with zero attached hydrogens (tertiary/aromatic N) is 8. The van der Waals surface area contributed by atoms with Crippen molar-refractivity contribution in [3.63, 3.8) is 0 Å². The van der Waals surface area contributed by atoms with E-state index in [-0.39, 0.29) is 0 Å². The van der Waals surface area contributed by atoms with Crippen LogP contribution in [-0.4, -0.2) is 87.3 Å². The summed E-state index contributed by atoms with van der Waals surface area (Å²) in [5.41, 5.74) is 5.86. The van der Waals surface area contributed by atoms with Crippen molar-refractivity contribution in [3.8, 4) is 16.9 Å². The summed E-state index contributed by atoms with van der Waals surface area (Å²) in [7, 11) is 0.848. The standard InChI is InChI=1S/C32H36BrN10O2P/c1-41-18-20(16-37-41)22-14-26(28(45-2)15-27(22)43-13-12-42-11-5-6-21(42)19-43)39-32-36-17-23(33)31(40-32)38-25-8-7-24-29(35-10-9-34-24)30(25)46(3,4)44/h7-10,14-18,21H,5-6,11-13,19H2,1-4H3,(H2,36,38,39,40). The van der Waals surface area contributed by atoms with E-state index < -0.39 is 7.14 Å². The van der Waals surface area contributed by atoms with Crippen molar-refractivity contribution in [3.05, 3.63) is 59.7 Å². The number of aryl methyl sites for hydroxylation is 1. The van der Waals surface area contributed by atoms with Crippen LogP contribution in [0.25, 0.3) is 22.2 Å². The van der Waals surface area contributed by atoms with Crippen LogP contribution in [0.2, 0.25) is 0 Å². The summed E-state index contributed by atoms with van der Waals surface area (Å²) in [6, 6.07) is 8.49. The molecule has 2 aliphatic rings. The van der Waals surface area contributed by atoms with Crippen molar-refractivity contribution < 1.29 is 9.30 Å². The zero-order valence-corrected chi connectivity index (χ0v) is 28.7. The van der Waals surface area contributed by atoms with Gasteiger partial charge in [0.15, 0.2) is 0 Å². The summed E-state index contributed by atoms with van der Waals surface area (Å²) in [4.78, 5) is 23.3. The molecule has 46 heavy (non-hydrogen) atoms. The van der Waals surface area contributed by atoms with Crippen LogP contribution < -0.4 is 25.6 Å². The highest BCUT2D eigenvalue weighted by molar-refractivity contribution is 9.10. The fourth-order valence-electron chi connectivity index (χ4n) is 6.53. The van der Waals surface area contributed by atoms with E-state index in [0.29, 0.717) is 50.1 Å². The maximum atomic E-state index is 13.5. The topological polar surface area (TPSA) is 126 Å². The molecule has 0 amide bonds. The van der Waals surface area contributed by atoms with E-state index in [9.17, 15) is 4.57 Å². The summed E-state index contributed by atoms with van der Waals surface area (Å²) >= 11 is 3.59. The van der Waals surface area contributed by atoms with Crippen molar-refractivity contribution in [2.45, 2.75) is 18.9 Å². The van der Waals surface area contributed by atoms with Gasteiger partial charge >= 0.3 is 0 Å². The Hall–Kier alpha value is -4.06. The summed E-state index contributed by atoms with van der Waals surface area (Å²) in [5.74, 6) is 1.56. The Kier molecular flexibility index (Phi) is 8.16. The van der Waals surface area contributed by atoms with Crippen LogP contribution in [0.15, 0.2) is 59.7 Å². The fraction of sp³-hybridized carbons (Fsp3) is 0.344. The molecule has 5 aromatic rings. The maximum absolute atomic E-state index is 13.5. The summed E-state index contributed by atoms with van der Waals surface area (Å²) < 4.78 is 21.9. The molecule has 2 aliphatic heterocycles. The Labute approximate surface area is 276 Å². The largest absolute Gasteiger partial charge is 0.494 e. The van der Waals surface area contributed by atoms with Crippen molar-refractivity contribution >= 4 is 68.2 Å². The van der Waals surface area contributed by atoms with E-state index in [1.54, 1.807) is 39.0 Å². The molecule has 1 atom stereocenters. The van der Waals surface area contributed by atoms with Gasteiger partial charge in [0.2, 0.25) is 5.95 Å². The molecule has 0 radical (unpaired) electrons. The van der Waals surface area contributed by atoms with E-state index >= 15 is 0 Å². The quantitative estimate of drug-likeness (QED) is 0.196. The van der Waals surface area contributed by atoms with Crippen molar-refractivity contribution in [1.82, 2.24) is 34.6 Å². The third-order valence-electron chi connectivity index (χ3n) is 8.66. The molecule has 12 nitrogen and oxygen atoms in total. The predicted molar refractivity (Wildman–Crippen MR) is 187 cm³/mol. The molecule has 1 unspecified atom stereocenters. The first-order valence-electron chi connectivity index (χ1n) is 15.2. The molecule has 7 rings (SSSR count). The molecular weight excluding hydrogens is 667 g/mol. The molecule has 3 aromatic heterocycles. The third kappa shape index (κ3) is 5.94. The lowest BCUT2D eigenvalue weighted by molar-refractivity contribution is 0.231. The second-order valence-electron chi connectivity index (χ2n) is 12.1. The monoisotopic (exact) mass is 702 g/mol. The first-order chi connectivity index (χ1) is 22.2. The molecule has 0 saturated carbocycles. The lowest BCUT2D eigenvalue weighted by Crippen LogP contribution is -2.50. The number of benzene rings is 2. The molecule has 5 heterocycles. The zero-order valence-electron chi connectivity index (χ0n) is 26.2. The zero-order chi connectivity index (χ0) is 32.0. The van der Waals surface area contributed by atoms with Crippen molar-refractivity contribution in [2.24, 2.45) is 7.05 Å². The number of ether oxygens (including phenoxy) is 1. The Bertz CT molecular complexity index is 1980. The molecule has 238 valence electrons. The number of halogens is 1. The smallest absolute Gasteiger partial charge is 0.229 e. The van der Waals surface area contributed by atoms with Crippen LogP contribution in [0, 0.1) is 0 Å². The molecule has 2 saturated heterocycles. The first-order valence-corrected chi connectivity index (χ1v) is 18.6. The summed E-state index contributed by atoms with van der Waals surface area (Å²) in [5, 5.41) is 11.9. The predicted octanol–water partition coefficient (Wildman–Crippen LogP) is 5.61. The Morgan fingerprint density at radius 1 is 1.02 bits per heavy atom. The van der Waals surface area contributed by atoms with Gasteiger partial charge in [-0.2, -0.15) is 10.1 Å². The highest BCUT2D eigenvalue weighted by atomic mass is 79.9. The van der Waals surface area contributed by atoms with E-state index in [2.05, 4.69) is 68.5 Å². The average molecular weight is 704 g/mol. The summed E-state index contributed by atoms with van der Waals surface area (Å²) in [6.07, 6.45) is 11.3. The van der Waals surface area contributed by atoms with E-state index in [0.717, 1.165) is 42.1 Å². The van der Waals surface area contributed by atoms with Gasteiger partial charge < -0.3 is 24.8 Å². The second-order valence-corrected chi connectivity index (χ2v) is 16.1. The Balaban J connectivity index is 1.24.